The third kappa shape index (κ3) is 6.19. The molecule has 8 nitrogen and oxygen atoms in total. The molecule has 0 aromatic carbocycles. The standard InChI is InChI=1S/C16H28N4O4/c1-11(2)9-19-13(17)8-15(22)20(16(19)23)10-14(21)18-6-5-7-24-12(3)4/h8,11-12H,5-7,9-10,17H2,1-4H3,(H,18,21). The van der Waals surface area contributed by atoms with Gasteiger partial charge in [-0.3, -0.25) is 18.7 Å². The number of nitrogens with two attached hydrogens (primary N) is 1. The van der Waals surface area contributed by atoms with Gasteiger partial charge in [-0.2, -0.15) is 0 Å². The molecule has 1 amide bonds. The van der Waals surface area contributed by atoms with Crippen LogP contribution in [-0.4, -0.2) is 34.3 Å². The van der Waals surface area contributed by atoms with E-state index in [9.17, 15) is 14.4 Å². The summed E-state index contributed by atoms with van der Waals surface area (Å²) in [5, 5.41) is 2.68. The number of nitrogens with one attached hydrogen (secondary N) is 1. The third-order valence-corrected chi connectivity index (χ3v) is 3.25. The Bertz CT molecular complexity index is 661. The lowest BCUT2D eigenvalue weighted by atomic mass is 10.2. The van der Waals surface area contributed by atoms with E-state index in [2.05, 4.69) is 5.32 Å². The molecule has 0 saturated carbocycles. The molecule has 136 valence electrons. The van der Waals surface area contributed by atoms with E-state index in [0.717, 1.165) is 4.57 Å². The quantitative estimate of drug-likeness (QED) is 0.623. The molecule has 0 spiro atoms. The van der Waals surface area contributed by atoms with Gasteiger partial charge in [0, 0.05) is 25.8 Å². The van der Waals surface area contributed by atoms with E-state index < -0.39 is 11.2 Å². The molecule has 0 aliphatic carbocycles. The Morgan fingerprint density at radius 2 is 1.92 bits per heavy atom. The van der Waals surface area contributed by atoms with Crippen LogP contribution in [0.4, 0.5) is 5.82 Å². The molecule has 0 aliphatic heterocycles. The van der Waals surface area contributed by atoms with Crippen molar-refractivity contribution in [2.45, 2.75) is 53.3 Å². The van der Waals surface area contributed by atoms with E-state index in [-0.39, 0.29) is 30.3 Å². The van der Waals surface area contributed by atoms with Crippen LogP contribution in [0.2, 0.25) is 0 Å². The second-order valence-corrected chi connectivity index (χ2v) is 6.40. The van der Waals surface area contributed by atoms with E-state index in [1.807, 2.05) is 27.7 Å². The SMILES string of the molecule is CC(C)Cn1c(N)cc(=O)n(CC(=O)NCCCOC(C)C)c1=O. The lowest BCUT2D eigenvalue weighted by Gasteiger charge is -2.14. The number of carbonyl (C=O) groups is 1. The van der Waals surface area contributed by atoms with Crippen molar-refractivity contribution in [2.75, 3.05) is 18.9 Å². The van der Waals surface area contributed by atoms with Gasteiger partial charge in [-0.15, -0.1) is 0 Å². The summed E-state index contributed by atoms with van der Waals surface area (Å²) in [6.45, 7) is 8.79. The van der Waals surface area contributed by atoms with Gasteiger partial charge in [0.1, 0.15) is 12.4 Å². The van der Waals surface area contributed by atoms with Crippen molar-refractivity contribution in [3.05, 3.63) is 26.9 Å². The van der Waals surface area contributed by atoms with Crippen molar-refractivity contribution < 1.29 is 9.53 Å². The molecule has 1 rings (SSSR count). The minimum Gasteiger partial charge on any atom is -0.385 e. The highest BCUT2D eigenvalue weighted by Gasteiger charge is 2.13. The molecule has 0 saturated heterocycles. The van der Waals surface area contributed by atoms with Gasteiger partial charge in [0.15, 0.2) is 0 Å². The van der Waals surface area contributed by atoms with E-state index in [0.29, 0.717) is 26.1 Å². The maximum absolute atomic E-state index is 12.4. The number of anilines is 1. The summed E-state index contributed by atoms with van der Waals surface area (Å²) in [6, 6.07) is 1.17. The van der Waals surface area contributed by atoms with Crippen molar-refractivity contribution in [3.8, 4) is 0 Å². The van der Waals surface area contributed by atoms with E-state index in [4.69, 9.17) is 10.5 Å². The summed E-state index contributed by atoms with van der Waals surface area (Å²) >= 11 is 0. The Kier molecular flexibility index (Phi) is 7.70. The van der Waals surface area contributed by atoms with Crippen LogP contribution in [0.5, 0.6) is 0 Å². The van der Waals surface area contributed by atoms with Crippen molar-refractivity contribution >= 4 is 11.7 Å². The minimum atomic E-state index is -0.573. The number of rotatable bonds is 9. The molecular formula is C16H28N4O4. The Hall–Kier alpha value is -2.09. The van der Waals surface area contributed by atoms with Crippen molar-refractivity contribution in [1.82, 2.24) is 14.5 Å². The van der Waals surface area contributed by atoms with Crippen LogP contribution in [0.15, 0.2) is 15.7 Å². The van der Waals surface area contributed by atoms with Crippen LogP contribution >= 0.6 is 0 Å². The van der Waals surface area contributed by atoms with Crippen LogP contribution in [0.25, 0.3) is 0 Å². The number of carbonyl (C=O) groups excluding carboxylic acids is 1. The highest BCUT2D eigenvalue weighted by Crippen LogP contribution is 2.01. The average molecular weight is 340 g/mol. The summed E-state index contributed by atoms with van der Waals surface area (Å²) < 4.78 is 7.59. The van der Waals surface area contributed by atoms with Gasteiger partial charge in [-0.05, 0) is 26.2 Å². The number of nitrogen functional groups attached to an aromatic ring is 1. The summed E-state index contributed by atoms with van der Waals surface area (Å²) in [5.41, 5.74) is 4.61. The highest BCUT2D eigenvalue weighted by atomic mass is 16.5. The van der Waals surface area contributed by atoms with Gasteiger partial charge in [0.25, 0.3) is 5.56 Å². The molecule has 0 atom stereocenters. The van der Waals surface area contributed by atoms with Crippen molar-refractivity contribution in [2.24, 2.45) is 5.92 Å². The fourth-order valence-corrected chi connectivity index (χ4v) is 2.15. The first-order valence-electron chi connectivity index (χ1n) is 8.20. The first-order valence-corrected chi connectivity index (χ1v) is 8.20. The van der Waals surface area contributed by atoms with Crippen LogP contribution in [0, 0.1) is 5.92 Å². The molecule has 0 bridgehead atoms. The van der Waals surface area contributed by atoms with Crippen molar-refractivity contribution in [1.29, 1.82) is 0 Å². The number of nitrogens with zero attached hydrogens (tertiary/aromatic N) is 2. The van der Waals surface area contributed by atoms with Gasteiger partial charge in [-0.1, -0.05) is 13.8 Å². The van der Waals surface area contributed by atoms with E-state index in [1.54, 1.807) is 0 Å². The Morgan fingerprint density at radius 3 is 2.50 bits per heavy atom. The smallest absolute Gasteiger partial charge is 0.333 e. The number of hydrogen-bond donors (Lipinski definition) is 2. The molecule has 0 aliphatic rings. The Labute approximate surface area is 141 Å². The van der Waals surface area contributed by atoms with Crippen LogP contribution in [0.1, 0.15) is 34.1 Å². The maximum atomic E-state index is 12.4. The second-order valence-electron chi connectivity index (χ2n) is 6.40. The molecule has 0 fully saturated rings. The molecule has 1 heterocycles. The molecule has 0 unspecified atom stereocenters. The molecule has 24 heavy (non-hydrogen) atoms. The average Bonchev–Trinajstić information content (AvgIpc) is 2.47. The summed E-state index contributed by atoms with van der Waals surface area (Å²) in [5.74, 6) is -0.0912. The molecule has 3 N–H and O–H groups in total. The van der Waals surface area contributed by atoms with Gasteiger partial charge in [0.2, 0.25) is 5.91 Å². The first kappa shape index (κ1) is 20.0. The molecule has 0 radical (unpaired) electrons. The predicted molar refractivity (Wildman–Crippen MR) is 92.9 cm³/mol. The van der Waals surface area contributed by atoms with Gasteiger partial charge in [0.05, 0.1) is 6.10 Å². The molecule has 1 aromatic heterocycles. The first-order chi connectivity index (χ1) is 11.2. The Balaban J connectivity index is 2.72. The van der Waals surface area contributed by atoms with Crippen LogP contribution < -0.4 is 22.3 Å². The lowest BCUT2D eigenvalue weighted by molar-refractivity contribution is -0.121. The van der Waals surface area contributed by atoms with Gasteiger partial charge < -0.3 is 15.8 Å². The van der Waals surface area contributed by atoms with Crippen LogP contribution in [-0.2, 0) is 22.6 Å². The maximum Gasteiger partial charge on any atom is 0.333 e. The second kappa shape index (κ2) is 9.27. The normalized spacial score (nSPS) is 11.2. The fraction of sp³-hybridized carbons (Fsp3) is 0.688. The largest absolute Gasteiger partial charge is 0.385 e. The van der Waals surface area contributed by atoms with Gasteiger partial charge in [-0.25, -0.2) is 4.79 Å². The summed E-state index contributed by atoms with van der Waals surface area (Å²) in [6.07, 6.45) is 0.812. The molecular weight excluding hydrogens is 312 g/mol. The van der Waals surface area contributed by atoms with Gasteiger partial charge >= 0.3 is 5.69 Å². The summed E-state index contributed by atoms with van der Waals surface area (Å²) in [4.78, 5) is 36.3. The van der Waals surface area contributed by atoms with E-state index in [1.165, 1.54) is 10.6 Å². The third-order valence-electron chi connectivity index (χ3n) is 3.25. The number of ether oxygens (including phenoxy) is 1. The number of hydrogen-bond acceptors (Lipinski definition) is 5. The predicted octanol–water partition coefficient (Wildman–Crippen LogP) is 0.180. The molecule has 1 aromatic rings. The monoisotopic (exact) mass is 340 g/mol. The lowest BCUT2D eigenvalue weighted by Crippen LogP contribution is -2.44. The number of amides is 1. The zero-order valence-electron chi connectivity index (χ0n) is 14.9. The minimum absolute atomic E-state index is 0.112. The van der Waals surface area contributed by atoms with E-state index >= 15 is 0 Å². The topological polar surface area (TPSA) is 108 Å². The van der Waals surface area contributed by atoms with Crippen LogP contribution in [0.3, 0.4) is 0 Å². The Morgan fingerprint density at radius 1 is 1.25 bits per heavy atom. The zero-order valence-corrected chi connectivity index (χ0v) is 14.9. The summed E-state index contributed by atoms with van der Waals surface area (Å²) in [7, 11) is 0. The zero-order chi connectivity index (χ0) is 18.3. The fourth-order valence-electron chi connectivity index (χ4n) is 2.15. The molecule has 8 heteroatoms. The van der Waals surface area contributed by atoms with Crippen molar-refractivity contribution in [3.63, 3.8) is 0 Å². The highest BCUT2D eigenvalue weighted by molar-refractivity contribution is 5.75. The number of aromatic nitrogens is 2.